The summed E-state index contributed by atoms with van der Waals surface area (Å²) < 4.78 is 6.59. The van der Waals surface area contributed by atoms with E-state index in [2.05, 4.69) is 15.3 Å². The number of aliphatic hydroxyl groups excluding tert-OH is 1. The number of esters is 1. The third-order valence-electron chi connectivity index (χ3n) is 3.40. The van der Waals surface area contributed by atoms with Gasteiger partial charge in [-0.2, -0.15) is 10.2 Å². The number of aryl methyl sites for hydroxylation is 3. The van der Waals surface area contributed by atoms with Gasteiger partial charge < -0.3 is 9.84 Å². The van der Waals surface area contributed by atoms with Crippen LogP contribution in [-0.4, -0.2) is 27.5 Å². The third kappa shape index (κ3) is 4.53. The molecule has 25 heavy (non-hydrogen) atoms. The molecule has 1 N–H and O–H groups in total. The molecule has 0 spiro atoms. The summed E-state index contributed by atoms with van der Waals surface area (Å²) in [7, 11) is 0. The molecule has 0 aliphatic carbocycles. The first-order chi connectivity index (χ1) is 12.0. The summed E-state index contributed by atoms with van der Waals surface area (Å²) in [6.07, 6.45) is 0. The second-order valence-corrected chi connectivity index (χ2v) is 5.44. The van der Waals surface area contributed by atoms with Crippen LogP contribution in [0, 0.1) is 13.8 Å². The summed E-state index contributed by atoms with van der Waals surface area (Å²) in [6, 6.07) is 9.04. The van der Waals surface area contributed by atoms with Crippen molar-refractivity contribution in [3.05, 3.63) is 53.0 Å². The van der Waals surface area contributed by atoms with Gasteiger partial charge in [-0.3, -0.25) is 4.68 Å². The Kier molecular flexibility index (Phi) is 6.05. The Labute approximate surface area is 146 Å². The maximum absolute atomic E-state index is 12.2. The van der Waals surface area contributed by atoms with E-state index in [1.54, 1.807) is 30.7 Å². The van der Waals surface area contributed by atoms with Crippen LogP contribution in [0.15, 0.2) is 46.3 Å². The second-order valence-electron chi connectivity index (χ2n) is 5.44. The molecule has 1 heterocycles. The van der Waals surface area contributed by atoms with Crippen LogP contribution in [0.25, 0.3) is 5.76 Å². The average Bonchev–Trinajstić information content (AvgIpc) is 2.96. The first-order valence-electron chi connectivity index (χ1n) is 8.09. The topological polar surface area (TPSA) is 89.1 Å². The van der Waals surface area contributed by atoms with E-state index in [1.165, 1.54) is 0 Å². The van der Waals surface area contributed by atoms with Crippen LogP contribution in [0.4, 0.5) is 5.69 Å². The Balaban J connectivity index is 2.49. The van der Waals surface area contributed by atoms with E-state index >= 15 is 0 Å². The van der Waals surface area contributed by atoms with Gasteiger partial charge in [-0.15, -0.1) is 5.11 Å². The van der Waals surface area contributed by atoms with Gasteiger partial charge in [-0.1, -0.05) is 12.1 Å². The van der Waals surface area contributed by atoms with Crippen molar-refractivity contribution >= 4 is 17.4 Å². The Morgan fingerprint density at radius 3 is 2.68 bits per heavy atom. The zero-order chi connectivity index (χ0) is 18.4. The van der Waals surface area contributed by atoms with Crippen molar-refractivity contribution < 1.29 is 14.6 Å². The minimum Gasteiger partial charge on any atom is -0.504 e. The van der Waals surface area contributed by atoms with Crippen molar-refractivity contribution in [3.63, 3.8) is 0 Å². The highest BCUT2D eigenvalue weighted by atomic mass is 16.5. The van der Waals surface area contributed by atoms with Crippen LogP contribution >= 0.6 is 0 Å². The van der Waals surface area contributed by atoms with Gasteiger partial charge in [0.15, 0.2) is 5.76 Å². The molecule has 0 saturated heterocycles. The Morgan fingerprint density at radius 2 is 2.04 bits per heavy atom. The lowest BCUT2D eigenvalue weighted by Crippen LogP contribution is -2.10. The molecule has 7 nitrogen and oxygen atoms in total. The van der Waals surface area contributed by atoms with Crippen LogP contribution < -0.4 is 0 Å². The lowest BCUT2D eigenvalue weighted by Gasteiger charge is -2.07. The molecular weight excluding hydrogens is 320 g/mol. The highest BCUT2D eigenvalue weighted by Crippen LogP contribution is 2.22. The molecule has 0 atom stereocenters. The molecule has 0 radical (unpaired) electrons. The van der Waals surface area contributed by atoms with Gasteiger partial charge in [0.25, 0.3) is 0 Å². The van der Waals surface area contributed by atoms with Crippen molar-refractivity contribution in [2.75, 3.05) is 6.61 Å². The number of benzene rings is 1. The number of rotatable bonds is 6. The van der Waals surface area contributed by atoms with Gasteiger partial charge in [0.2, 0.25) is 5.70 Å². The predicted octanol–water partition coefficient (Wildman–Crippen LogP) is 4.09. The van der Waals surface area contributed by atoms with E-state index < -0.39 is 5.97 Å². The molecule has 1 aromatic heterocycles. The quantitative estimate of drug-likeness (QED) is 0.370. The molecule has 0 bridgehead atoms. The van der Waals surface area contributed by atoms with Gasteiger partial charge in [0.1, 0.15) is 5.69 Å². The summed E-state index contributed by atoms with van der Waals surface area (Å²) >= 11 is 0. The number of hydrogen-bond acceptors (Lipinski definition) is 6. The second kappa shape index (κ2) is 8.23. The smallest absolute Gasteiger partial charge is 0.362 e. The number of aromatic nitrogens is 2. The van der Waals surface area contributed by atoms with Gasteiger partial charge in [0, 0.05) is 6.54 Å². The van der Waals surface area contributed by atoms with Gasteiger partial charge in [0.05, 0.1) is 18.0 Å². The van der Waals surface area contributed by atoms with E-state index in [0.717, 1.165) is 11.3 Å². The zero-order valence-corrected chi connectivity index (χ0v) is 14.9. The number of azo groups is 1. The Hall–Kier alpha value is -2.96. The van der Waals surface area contributed by atoms with E-state index in [0.29, 0.717) is 17.9 Å². The maximum atomic E-state index is 12.2. The average molecular weight is 342 g/mol. The zero-order valence-electron chi connectivity index (χ0n) is 14.9. The minimum atomic E-state index is -0.738. The fraction of sp³-hybridized carbons (Fsp3) is 0.333. The van der Waals surface area contributed by atoms with Gasteiger partial charge in [-0.25, -0.2) is 4.79 Å². The number of ether oxygens (including phenoxy) is 1. The number of carbonyl (C=O) groups excluding carboxylic acids is 1. The molecule has 0 aliphatic rings. The lowest BCUT2D eigenvalue weighted by atomic mass is 10.2. The summed E-state index contributed by atoms with van der Waals surface area (Å²) in [5, 5.41) is 22.9. The van der Waals surface area contributed by atoms with Crippen LogP contribution in [0.1, 0.15) is 30.8 Å². The predicted molar refractivity (Wildman–Crippen MR) is 94.5 cm³/mol. The normalized spacial score (nSPS) is 12.3. The molecule has 7 heteroatoms. The third-order valence-corrected chi connectivity index (χ3v) is 3.40. The lowest BCUT2D eigenvalue weighted by molar-refractivity contribution is -0.138. The first-order valence-corrected chi connectivity index (χ1v) is 8.09. The van der Waals surface area contributed by atoms with Crippen LogP contribution in [-0.2, 0) is 16.1 Å². The van der Waals surface area contributed by atoms with Crippen LogP contribution in [0.3, 0.4) is 0 Å². The highest BCUT2D eigenvalue weighted by molar-refractivity contribution is 5.95. The number of aliphatic hydroxyl groups is 1. The number of carbonyl (C=O) groups is 1. The Morgan fingerprint density at radius 1 is 1.28 bits per heavy atom. The SMILES string of the molecule is CCOC(=O)/C(N=Nc1cccc(C)c1)=C(\O)c1cc(C)nn1CC. The molecule has 0 saturated carbocycles. The minimum absolute atomic E-state index is 0.168. The molecule has 0 aliphatic heterocycles. The molecule has 1 aromatic carbocycles. The van der Waals surface area contributed by atoms with E-state index in [1.807, 2.05) is 32.0 Å². The van der Waals surface area contributed by atoms with Crippen molar-refractivity contribution in [1.29, 1.82) is 0 Å². The molecule has 132 valence electrons. The molecule has 0 amide bonds. The van der Waals surface area contributed by atoms with Gasteiger partial charge >= 0.3 is 5.97 Å². The van der Waals surface area contributed by atoms with Gasteiger partial charge in [-0.05, 0) is 51.5 Å². The number of hydrogen-bond donors (Lipinski definition) is 1. The molecule has 0 unspecified atom stereocenters. The van der Waals surface area contributed by atoms with E-state index in [4.69, 9.17) is 4.74 Å². The van der Waals surface area contributed by atoms with Crippen molar-refractivity contribution in [2.45, 2.75) is 34.2 Å². The number of nitrogens with zero attached hydrogens (tertiary/aromatic N) is 4. The standard InChI is InChI=1S/C18H22N4O3/c1-5-22-15(11-13(4)21-22)17(23)16(18(24)25-6-2)20-19-14-9-7-8-12(3)10-14/h7-11,23H,5-6H2,1-4H3/b17-16+,20-19?. The van der Waals surface area contributed by atoms with E-state index in [-0.39, 0.29) is 18.1 Å². The first kappa shape index (κ1) is 18.4. The molecule has 0 fully saturated rings. The summed E-state index contributed by atoms with van der Waals surface area (Å²) in [5.74, 6) is -1.05. The monoisotopic (exact) mass is 342 g/mol. The summed E-state index contributed by atoms with van der Waals surface area (Å²) in [6.45, 7) is 8.02. The van der Waals surface area contributed by atoms with Crippen molar-refractivity contribution in [2.24, 2.45) is 10.2 Å². The molecule has 2 rings (SSSR count). The van der Waals surface area contributed by atoms with E-state index in [9.17, 15) is 9.90 Å². The van der Waals surface area contributed by atoms with Crippen LogP contribution in [0.5, 0.6) is 0 Å². The maximum Gasteiger partial charge on any atom is 0.362 e. The Bertz CT molecular complexity index is 821. The van der Waals surface area contributed by atoms with Crippen LogP contribution in [0.2, 0.25) is 0 Å². The summed E-state index contributed by atoms with van der Waals surface area (Å²) in [5.41, 5.74) is 2.46. The molecule has 2 aromatic rings. The van der Waals surface area contributed by atoms with Crippen molar-refractivity contribution in [3.8, 4) is 0 Å². The molecular formula is C18H22N4O3. The highest BCUT2D eigenvalue weighted by Gasteiger charge is 2.21. The fourth-order valence-electron chi connectivity index (χ4n) is 2.28. The summed E-state index contributed by atoms with van der Waals surface area (Å²) in [4.78, 5) is 12.2. The fourth-order valence-corrected chi connectivity index (χ4v) is 2.28. The van der Waals surface area contributed by atoms with Crippen molar-refractivity contribution in [1.82, 2.24) is 9.78 Å². The largest absolute Gasteiger partial charge is 0.504 e.